The van der Waals surface area contributed by atoms with Crippen LogP contribution in [0.1, 0.15) is 174 Å². The van der Waals surface area contributed by atoms with Gasteiger partial charge in [0.15, 0.2) is 0 Å². The van der Waals surface area contributed by atoms with Crippen LogP contribution in [0.5, 0.6) is 0 Å². The lowest BCUT2D eigenvalue weighted by Crippen LogP contribution is -1.84. The summed E-state index contributed by atoms with van der Waals surface area (Å²) in [7, 11) is 2.48. The summed E-state index contributed by atoms with van der Waals surface area (Å²) in [5.41, 5.74) is 2.90. The lowest BCUT2D eigenvalue weighted by atomic mass is 10.0. The molecular weight excluding hydrogens is 379 g/mol. The van der Waals surface area contributed by atoms with Crippen LogP contribution >= 0.6 is 9.24 Å². The molecule has 0 heterocycles. The Morgan fingerprint density at radius 3 is 0.833 bits per heavy atom. The van der Waals surface area contributed by atoms with Gasteiger partial charge in [0.25, 0.3) is 0 Å². The molecule has 0 fully saturated rings. The zero-order valence-electron chi connectivity index (χ0n) is 21.0. The van der Waals surface area contributed by atoms with E-state index < -0.39 is 0 Å². The van der Waals surface area contributed by atoms with Gasteiger partial charge in [-0.2, -0.15) is 0 Å². The molecule has 0 aliphatic carbocycles. The maximum atomic E-state index is 3.13. The van der Waals surface area contributed by atoms with Crippen molar-refractivity contribution in [1.29, 1.82) is 0 Å². The van der Waals surface area contributed by atoms with Gasteiger partial charge in [-0.3, -0.25) is 0 Å². The Bertz CT molecular complexity index is 351. The van der Waals surface area contributed by atoms with Crippen LogP contribution in [0.15, 0.2) is 0 Å². The summed E-state index contributed by atoms with van der Waals surface area (Å²) < 4.78 is 0. The summed E-state index contributed by atoms with van der Waals surface area (Å²) in [6, 6.07) is 0. The Morgan fingerprint density at radius 1 is 0.367 bits per heavy atom. The Kier molecular flexibility index (Phi) is 29.0. The van der Waals surface area contributed by atoms with E-state index in [2.05, 4.69) is 27.7 Å². The highest BCUT2D eigenvalue weighted by atomic mass is 31.0. The summed E-state index contributed by atoms with van der Waals surface area (Å²) in [4.78, 5) is 0. The molecule has 0 bridgehead atoms. The van der Waals surface area contributed by atoms with E-state index in [9.17, 15) is 0 Å². The maximum Gasteiger partial charge on any atom is 0.00919 e. The topological polar surface area (TPSA) is 0 Å². The molecule has 0 radical (unpaired) electrons. The number of rotatable bonds is 25. The van der Waals surface area contributed by atoms with Gasteiger partial charge >= 0.3 is 0 Å². The second kappa shape index (κ2) is 29.0. The SMILES string of the molecule is CCCCCCCCCCCCCCCCCCCCCCCCCCCC#CP. The molecule has 0 rings (SSSR count). The fraction of sp³-hybridized carbons (Fsp3) is 0.931. The average Bonchev–Trinajstić information content (AvgIpc) is 2.76. The van der Waals surface area contributed by atoms with Crippen LogP contribution in [0.3, 0.4) is 0 Å². The first kappa shape index (κ1) is 30.0. The molecule has 0 aliphatic heterocycles. The van der Waals surface area contributed by atoms with Crippen molar-refractivity contribution in [3.05, 3.63) is 0 Å². The van der Waals surface area contributed by atoms with Crippen molar-refractivity contribution >= 4 is 9.24 Å². The highest BCUT2D eigenvalue weighted by Gasteiger charge is 1.96. The fourth-order valence-electron chi connectivity index (χ4n) is 4.42. The third kappa shape index (κ3) is 28.0. The van der Waals surface area contributed by atoms with Crippen molar-refractivity contribution in [3.8, 4) is 11.6 Å². The molecule has 0 spiro atoms. The van der Waals surface area contributed by atoms with Crippen molar-refractivity contribution in [2.24, 2.45) is 0 Å². The molecule has 30 heavy (non-hydrogen) atoms. The number of unbranched alkanes of at least 4 members (excludes halogenated alkanes) is 25. The van der Waals surface area contributed by atoms with Gasteiger partial charge < -0.3 is 0 Å². The lowest BCUT2D eigenvalue weighted by Gasteiger charge is -2.04. The molecule has 0 aliphatic rings. The molecular formula is C29H57P. The molecule has 0 amide bonds. The monoisotopic (exact) mass is 436 g/mol. The van der Waals surface area contributed by atoms with Crippen LogP contribution in [-0.2, 0) is 0 Å². The van der Waals surface area contributed by atoms with Crippen LogP contribution in [0.4, 0.5) is 0 Å². The molecule has 1 heteroatoms. The number of hydrogen-bond donors (Lipinski definition) is 0. The smallest absolute Gasteiger partial charge is 0.00919 e. The van der Waals surface area contributed by atoms with Gasteiger partial charge in [-0.15, -0.1) is 0 Å². The zero-order valence-corrected chi connectivity index (χ0v) is 22.1. The van der Waals surface area contributed by atoms with Crippen molar-refractivity contribution in [2.75, 3.05) is 0 Å². The molecule has 0 saturated heterocycles. The highest BCUT2D eigenvalue weighted by Crippen LogP contribution is 2.15. The van der Waals surface area contributed by atoms with E-state index >= 15 is 0 Å². The largest absolute Gasteiger partial charge is 0.0992 e. The highest BCUT2D eigenvalue weighted by molar-refractivity contribution is 7.23. The fourth-order valence-corrected chi connectivity index (χ4v) is 4.57. The minimum atomic E-state index is 1.09. The second-order valence-electron chi connectivity index (χ2n) is 9.56. The van der Waals surface area contributed by atoms with E-state index in [0.29, 0.717) is 0 Å². The van der Waals surface area contributed by atoms with Crippen molar-refractivity contribution in [2.45, 2.75) is 174 Å². The van der Waals surface area contributed by atoms with E-state index in [1.807, 2.05) is 0 Å². The van der Waals surface area contributed by atoms with Crippen LogP contribution < -0.4 is 0 Å². The van der Waals surface area contributed by atoms with E-state index in [1.54, 1.807) is 0 Å². The van der Waals surface area contributed by atoms with Crippen molar-refractivity contribution in [1.82, 2.24) is 0 Å². The van der Waals surface area contributed by atoms with E-state index in [-0.39, 0.29) is 0 Å². The third-order valence-electron chi connectivity index (χ3n) is 6.51. The standard InChI is InChI=1S/C29H57P/c1-2-3-4-5-6-7-8-9-10-11-12-13-14-15-16-17-18-19-20-21-22-23-24-25-26-27-28-29-30/h2-27,30H2,1H3. The Balaban J connectivity index is 2.99. The Labute approximate surface area is 194 Å². The van der Waals surface area contributed by atoms with Gasteiger partial charge in [-0.05, 0) is 6.42 Å². The average molecular weight is 437 g/mol. The minimum absolute atomic E-state index is 1.09. The van der Waals surface area contributed by atoms with Crippen LogP contribution in [-0.4, -0.2) is 0 Å². The van der Waals surface area contributed by atoms with E-state index in [0.717, 1.165) is 6.42 Å². The van der Waals surface area contributed by atoms with E-state index in [1.165, 1.54) is 161 Å². The summed E-state index contributed by atoms with van der Waals surface area (Å²) in [6.45, 7) is 2.30. The van der Waals surface area contributed by atoms with E-state index in [4.69, 9.17) is 0 Å². The normalized spacial score (nSPS) is 10.9. The summed E-state index contributed by atoms with van der Waals surface area (Å²) >= 11 is 0. The molecule has 0 aromatic rings. The predicted molar refractivity (Wildman–Crippen MR) is 143 cm³/mol. The summed E-state index contributed by atoms with van der Waals surface area (Å²) in [5.74, 6) is 3.13. The van der Waals surface area contributed by atoms with Crippen molar-refractivity contribution in [3.63, 3.8) is 0 Å². The summed E-state index contributed by atoms with van der Waals surface area (Å²) in [5, 5.41) is 0. The van der Waals surface area contributed by atoms with Gasteiger partial charge in [0.05, 0.1) is 0 Å². The first-order chi connectivity index (χ1) is 14.9. The minimum Gasteiger partial charge on any atom is -0.0992 e. The number of hydrogen-bond acceptors (Lipinski definition) is 0. The third-order valence-corrected chi connectivity index (χ3v) is 6.71. The van der Waals surface area contributed by atoms with Gasteiger partial charge in [0.1, 0.15) is 0 Å². The molecule has 0 aromatic carbocycles. The van der Waals surface area contributed by atoms with Gasteiger partial charge in [0, 0.05) is 6.42 Å². The van der Waals surface area contributed by atoms with Gasteiger partial charge in [-0.25, -0.2) is 0 Å². The van der Waals surface area contributed by atoms with Gasteiger partial charge in [-0.1, -0.05) is 182 Å². The first-order valence-electron chi connectivity index (χ1n) is 14.1. The molecule has 0 N–H and O–H groups in total. The lowest BCUT2D eigenvalue weighted by molar-refractivity contribution is 0.516. The molecule has 0 saturated carbocycles. The quantitative estimate of drug-likeness (QED) is 0.0758. The maximum absolute atomic E-state index is 3.13. The van der Waals surface area contributed by atoms with Crippen LogP contribution in [0.25, 0.3) is 0 Å². The predicted octanol–water partition coefficient (Wildman–Crippen LogP) is 11.0. The van der Waals surface area contributed by atoms with Crippen molar-refractivity contribution < 1.29 is 0 Å². The van der Waals surface area contributed by atoms with Crippen LogP contribution in [0, 0.1) is 11.6 Å². The molecule has 0 aromatic heterocycles. The molecule has 1 unspecified atom stereocenters. The first-order valence-corrected chi connectivity index (χ1v) is 14.7. The molecule has 178 valence electrons. The van der Waals surface area contributed by atoms with Gasteiger partial charge in [0.2, 0.25) is 0 Å². The Hall–Kier alpha value is -0.0100. The summed E-state index contributed by atoms with van der Waals surface area (Å²) in [6.07, 6.45) is 37.5. The zero-order chi connectivity index (χ0) is 21.8. The molecule has 1 atom stereocenters. The van der Waals surface area contributed by atoms with Crippen LogP contribution in [0.2, 0.25) is 0 Å². The second-order valence-corrected chi connectivity index (χ2v) is 9.85. The molecule has 0 nitrogen and oxygen atoms in total. The Morgan fingerprint density at radius 2 is 0.600 bits per heavy atom.